The van der Waals surface area contributed by atoms with Crippen LogP contribution in [0, 0.1) is 0 Å². The van der Waals surface area contributed by atoms with Crippen LogP contribution in [-0.4, -0.2) is 40.8 Å². The Bertz CT molecular complexity index is 1340. The Balaban J connectivity index is 1.60. The highest BCUT2D eigenvalue weighted by Crippen LogP contribution is 2.38. The Morgan fingerprint density at radius 1 is 1.13 bits per heavy atom. The molecule has 1 amide bonds. The van der Waals surface area contributed by atoms with Crippen LogP contribution in [0.5, 0.6) is 0 Å². The van der Waals surface area contributed by atoms with Gasteiger partial charge in [-0.1, -0.05) is 0 Å². The summed E-state index contributed by atoms with van der Waals surface area (Å²) in [6.45, 7) is 0. The number of fused-ring (bicyclic) bond motifs is 1. The summed E-state index contributed by atoms with van der Waals surface area (Å²) in [7, 11) is -2.94. The summed E-state index contributed by atoms with van der Waals surface area (Å²) >= 11 is 1.57. The number of rotatable bonds is 4. The average Bonchev–Trinajstić information content (AvgIpc) is 3.46. The topological polar surface area (TPSA) is 122 Å². The number of carbonyl (C=O) groups is 1. The normalized spacial score (nSPS) is 16.8. The van der Waals surface area contributed by atoms with E-state index in [-0.39, 0.29) is 17.4 Å². The zero-order valence-corrected chi connectivity index (χ0v) is 17.6. The van der Waals surface area contributed by atoms with Crippen LogP contribution in [0.25, 0.3) is 32.7 Å². The molecule has 154 valence electrons. The number of H-pyrrole nitrogens is 2. The molecule has 1 fully saturated rings. The summed E-state index contributed by atoms with van der Waals surface area (Å²) in [6.07, 6.45) is 6.56. The number of primary amides is 1. The fourth-order valence-corrected chi connectivity index (χ4v) is 6.53. The highest BCUT2D eigenvalue weighted by molar-refractivity contribution is 7.91. The Hall–Kier alpha value is -2.91. The van der Waals surface area contributed by atoms with E-state index < -0.39 is 15.7 Å². The first kappa shape index (κ1) is 19.1. The number of carbonyl (C=O) groups excluding carboxylic acids is 1. The van der Waals surface area contributed by atoms with Crippen molar-refractivity contribution in [3.63, 3.8) is 0 Å². The molecular formula is C21H20N4O3S2. The largest absolute Gasteiger partial charge is 0.366 e. The third-order valence-electron chi connectivity index (χ3n) is 5.75. The number of hydrogen-bond acceptors (Lipinski definition) is 5. The molecule has 4 heterocycles. The minimum absolute atomic E-state index is 0.138. The van der Waals surface area contributed by atoms with Gasteiger partial charge in [0.15, 0.2) is 0 Å². The van der Waals surface area contributed by atoms with Gasteiger partial charge in [0.05, 0.1) is 27.5 Å². The van der Waals surface area contributed by atoms with Gasteiger partial charge in [0.1, 0.15) is 15.7 Å². The van der Waals surface area contributed by atoms with Crippen LogP contribution in [0.2, 0.25) is 0 Å². The van der Waals surface area contributed by atoms with E-state index in [2.05, 4.69) is 21.0 Å². The molecule has 3 aromatic heterocycles. The van der Waals surface area contributed by atoms with E-state index in [4.69, 9.17) is 5.73 Å². The maximum Gasteiger partial charge on any atom is 0.250 e. The van der Waals surface area contributed by atoms with Crippen LogP contribution in [-0.2, 0) is 9.84 Å². The van der Waals surface area contributed by atoms with Crippen LogP contribution >= 0.6 is 11.3 Å². The van der Waals surface area contributed by atoms with Crippen molar-refractivity contribution in [1.29, 1.82) is 0 Å². The maximum atomic E-state index is 12.2. The van der Waals surface area contributed by atoms with Crippen molar-refractivity contribution in [2.45, 2.75) is 18.8 Å². The van der Waals surface area contributed by atoms with E-state index in [1.807, 2.05) is 23.7 Å². The van der Waals surface area contributed by atoms with Gasteiger partial charge in [-0.05, 0) is 59.0 Å². The summed E-state index contributed by atoms with van der Waals surface area (Å²) < 4.78 is 23.7. The Morgan fingerprint density at radius 3 is 2.63 bits per heavy atom. The number of nitrogens with one attached hydrogen (secondary N) is 2. The first-order valence-corrected chi connectivity index (χ1v) is 12.4. The van der Waals surface area contributed by atoms with Gasteiger partial charge in [0, 0.05) is 24.0 Å². The van der Waals surface area contributed by atoms with Crippen molar-refractivity contribution < 1.29 is 13.2 Å². The van der Waals surface area contributed by atoms with Crippen LogP contribution in [0.4, 0.5) is 0 Å². The first-order chi connectivity index (χ1) is 14.4. The van der Waals surface area contributed by atoms with Crippen molar-refractivity contribution in [1.82, 2.24) is 15.0 Å². The summed E-state index contributed by atoms with van der Waals surface area (Å²) in [5.41, 5.74) is 9.75. The van der Waals surface area contributed by atoms with E-state index in [9.17, 15) is 13.2 Å². The number of amides is 1. The predicted octanol–water partition coefficient (Wildman–Crippen LogP) is 3.68. The average molecular weight is 441 g/mol. The number of nitrogens with zero attached hydrogens (tertiary/aromatic N) is 1. The lowest BCUT2D eigenvalue weighted by molar-refractivity contribution is 0.100. The van der Waals surface area contributed by atoms with Crippen molar-refractivity contribution in [2.24, 2.45) is 5.73 Å². The quantitative estimate of drug-likeness (QED) is 0.448. The number of aromatic nitrogens is 3. The van der Waals surface area contributed by atoms with Crippen molar-refractivity contribution >= 4 is 38.0 Å². The van der Waals surface area contributed by atoms with Crippen molar-refractivity contribution in [3.05, 3.63) is 53.3 Å². The number of imidazole rings is 1. The molecule has 1 saturated heterocycles. The molecule has 4 aromatic rings. The van der Waals surface area contributed by atoms with Gasteiger partial charge in [0.2, 0.25) is 0 Å². The second-order valence-corrected chi connectivity index (χ2v) is 10.8. The zero-order chi connectivity index (χ0) is 20.9. The third kappa shape index (κ3) is 3.33. The zero-order valence-electron chi connectivity index (χ0n) is 16.0. The van der Waals surface area contributed by atoms with Gasteiger partial charge in [-0.25, -0.2) is 13.4 Å². The molecule has 4 N–H and O–H groups in total. The van der Waals surface area contributed by atoms with E-state index >= 15 is 0 Å². The standard InChI is InChI=1S/C21H20N4O3S2/c22-20(26)16-8-13(14-9-18(29-11-14)21-23-3-4-24-21)7-15-17(10-25-19(15)16)12-1-5-30(27,28)6-2-12/h3-4,7-12,25H,1-2,5-6H2,(H2,22,26)(H,23,24). The van der Waals surface area contributed by atoms with Gasteiger partial charge in [-0.2, -0.15) is 0 Å². The molecule has 0 bridgehead atoms. The fourth-order valence-electron chi connectivity index (χ4n) is 4.16. The molecule has 0 unspecified atom stereocenters. The molecule has 0 saturated carbocycles. The number of nitrogens with two attached hydrogens (primary N) is 1. The molecule has 9 heteroatoms. The second-order valence-electron chi connectivity index (χ2n) is 7.62. The Morgan fingerprint density at radius 2 is 1.93 bits per heavy atom. The minimum Gasteiger partial charge on any atom is -0.366 e. The number of hydrogen-bond donors (Lipinski definition) is 3. The number of benzene rings is 1. The van der Waals surface area contributed by atoms with Gasteiger partial charge >= 0.3 is 0 Å². The summed E-state index contributed by atoms with van der Waals surface area (Å²) in [5, 5.41) is 2.96. The number of thiophene rings is 1. The first-order valence-electron chi connectivity index (χ1n) is 9.65. The molecule has 0 atom stereocenters. The molecule has 0 radical (unpaired) electrons. The van der Waals surface area contributed by atoms with Crippen molar-refractivity contribution in [2.75, 3.05) is 11.5 Å². The van der Waals surface area contributed by atoms with E-state index in [1.165, 1.54) is 0 Å². The molecular weight excluding hydrogens is 420 g/mol. The van der Waals surface area contributed by atoms with E-state index in [0.29, 0.717) is 23.9 Å². The highest BCUT2D eigenvalue weighted by Gasteiger charge is 2.27. The Kier molecular flexibility index (Phi) is 4.52. The Labute approximate surface area is 177 Å². The number of aromatic amines is 2. The summed E-state index contributed by atoms with van der Waals surface area (Å²) in [4.78, 5) is 23.8. The molecule has 30 heavy (non-hydrogen) atoms. The molecule has 5 rings (SSSR count). The minimum atomic E-state index is -2.94. The van der Waals surface area contributed by atoms with Crippen LogP contribution in [0.15, 0.2) is 42.2 Å². The van der Waals surface area contributed by atoms with Gasteiger partial charge in [0.25, 0.3) is 5.91 Å². The van der Waals surface area contributed by atoms with Gasteiger partial charge < -0.3 is 15.7 Å². The highest BCUT2D eigenvalue weighted by atomic mass is 32.2. The molecule has 7 nitrogen and oxygen atoms in total. The molecule has 0 spiro atoms. The van der Waals surface area contributed by atoms with Gasteiger partial charge in [-0.15, -0.1) is 11.3 Å². The SMILES string of the molecule is NC(=O)c1cc(-c2csc(-c3ncc[nH]3)c2)cc2c(C3CCS(=O)(=O)CC3)c[nH]c12. The smallest absolute Gasteiger partial charge is 0.250 e. The van der Waals surface area contributed by atoms with Crippen LogP contribution < -0.4 is 5.73 Å². The lowest BCUT2D eigenvalue weighted by atomic mass is 9.91. The summed E-state index contributed by atoms with van der Waals surface area (Å²) in [6, 6.07) is 5.91. The second kappa shape index (κ2) is 7.10. The maximum absolute atomic E-state index is 12.2. The lowest BCUT2D eigenvalue weighted by Gasteiger charge is -2.21. The monoisotopic (exact) mass is 440 g/mol. The fraction of sp³-hybridized carbons (Fsp3) is 0.238. The molecule has 1 aromatic carbocycles. The van der Waals surface area contributed by atoms with Crippen LogP contribution in [0.3, 0.4) is 0 Å². The van der Waals surface area contributed by atoms with Crippen LogP contribution in [0.1, 0.15) is 34.7 Å². The lowest BCUT2D eigenvalue weighted by Crippen LogP contribution is -2.22. The van der Waals surface area contributed by atoms with E-state index in [1.54, 1.807) is 23.7 Å². The third-order valence-corrected chi connectivity index (χ3v) is 8.40. The summed E-state index contributed by atoms with van der Waals surface area (Å²) in [5.74, 6) is 0.837. The molecule has 1 aliphatic rings. The predicted molar refractivity (Wildman–Crippen MR) is 118 cm³/mol. The number of sulfone groups is 1. The van der Waals surface area contributed by atoms with E-state index in [0.717, 1.165) is 32.8 Å². The van der Waals surface area contributed by atoms with Gasteiger partial charge in [-0.3, -0.25) is 4.79 Å². The van der Waals surface area contributed by atoms with Crippen molar-refractivity contribution in [3.8, 4) is 21.8 Å². The molecule has 0 aliphatic carbocycles. The molecule has 1 aliphatic heterocycles.